The number of alkyl halides is 3. The van der Waals surface area contributed by atoms with E-state index in [0.717, 1.165) is 24.0 Å². The summed E-state index contributed by atoms with van der Waals surface area (Å²) in [5.74, 6) is -2.57. The van der Waals surface area contributed by atoms with E-state index in [9.17, 15) is 22.8 Å². The second-order valence-electron chi connectivity index (χ2n) is 8.87. The lowest BCUT2D eigenvalue weighted by Crippen LogP contribution is -2.64. The second kappa shape index (κ2) is 11.4. The minimum absolute atomic E-state index is 0.167. The zero-order valence-corrected chi connectivity index (χ0v) is 20.5. The first-order valence-electron chi connectivity index (χ1n) is 11.7. The van der Waals surface area contributed by atoms with Gasteiger partial charge < -0.3 is 24.7 Å². The van der Waals surface area contributed by atoms with Crippen molar-refractivity contribution in [2.24, 2.45) is 5.73 Å². The van der Waals surface area contributed by atoms with E-state index in [1.807, 2.05) is 36.1 Å². The fraction of sp³-hybridized carbons (Fsp3) is 0.462. The molecule has 1 aliphatic rings. The molecule has 0 aromatic heterocycles. The minimum Gasteiger partial charge on any atom is -0.497 e. The average molecular weight is 509 g/mol. The molecule has 2 atom stereocenters. The molecule has 2 aromatic carbocycles. The number of halogens is 3. The monoisotopic (exact) mass is 508 g/mol. The third kappa shape index (κ3) is 5.88. The SMILES string of the molecule is CCCCOC1(c2ccccc2C)CN(C(c2ccc(OC)cc2OC(=O)C(F)(F)F)C(N)C=O)C1. The molecule has 1 heterocycles. The van der Waals surface area contributed by atoms with Gasteiger partial charge in [-0.3, -0.25) is 4.90 Å². The fourth-order valence-electron chi connectivity index (χ4n) is 4.50. The van der Waals surface area contributed by atoms with Crippen molar-refractivity contribution in [2.75, 3.05) is 26.8 Å². The van der Waals surface area contributed by atoms with Gasteiger partial charge in [0, 0.05) is 31.3 Å². The number of aldehydes is 1. The molecule has 36 heavy (non-hydrogen) atoms. The zero-order chi connectivity index (χ0) is 26.5. The Labute approximate surface area is 208 Å². The van der Waals surface area contributed by atoms with Gasteiger partial charge in [-0.25, -0.2) is 4.79 Å². The summed E-state index contributed by atoms with van der Waals surface area (Å²) < 4.78 is 55.1. The molecule has 10 heteroatoms. The van der Waals surface area contributed by atoms with Crippen LogP contribution < -0.4 is 15.2 Å². The van der Waals surface area contributed by atoms with E-state index in [4.69, 9.17) is 19.9 Å². The molecule has 2 N–H and O–H groups in total. The summed E-state index contributed by atoms with van der Waals surface area (Å²) in [6.07, 6.45) is -2.87. The Morgan fingerprint density at radius 3 is 2.50 bits per heavy atom. The summed E-state index contributed by atoms with van der Waals surface area (Å²) in [6.45, 7) is 5.25. The van der Waals surface area contributed by atoms with Crippen LogP contribution >= 0.6 is 0 Å². The summed E-state index contributed by atoms with van der Waals surface area (Å²) in [7, 11) is 1.33. The highest BCUT2D eigenvalue weighted by atomic mass is 19.4. The third-order valence-corrected chi connectivity index (χ3v) is 6.32. The summed E-state index contributed by atoms with van der Waals surface area (Å²) in [5, 5.41) is 0. The number of hydrogen-bond acceptors (Lipinski definition) is 7. The Morgan fingerprint density at radius 2 is 1.92 bits per heavy atom. The number of ether oxygens (including phenoxy) is 3. The van der Waals surface area contributed by atoms with Crippen LogP contribution in [0.25, 0.3) is 0 Å². The lowest BCUT2D eigenvalue weighted by Gasteiger charge is -2.54. The number of nitrogens with two attached hydrogens (primary N) is 1. The van der Waals surface area contributed by atoms with Gasteiger partial charge in [0.25, 0.3) is 0 Å². The molecular weight excluding hydrogens is 477 g/mol. The van der Waals surface area contributed by atoms with Gasteiger partial charge in [0.05, 0.1) is 19.2 Å². The van der Waals surface area contributed by atoms with Crippen LogP contribution in [0.5, 0.6) is 11.5 Å². The summed E-state index contributed by atoms with van der Waals surface area (Å²) in [5.41, 5.74) is 7.68. The molecule has 196 valence electrons. The van der Waals surface area contributed by atoms with E-state index in [1.165, 1.54) is 25.3 Å². The van der Waals surface area contributed by atoms with Crippen molar-refractivity contribution in [3.63, 3.8) is 0 Å². The Kier molecular flexibility index (Phi) is 8.76. The van der Waals surface area contributed by atoms with Crippen molar-refractivity contribution in [3.8, 4) is 11.5 Å². The first kappa shape index (κ1) is 27.6. The van der Waals surface area contributed by atoms with Crippen LogP contribution in [-0.2, 0) is 19.9 Å². The molecule has 1 fully saturated rings. The number of likely N-dealkylation sites (tertiary alicyclic amines) is 1. The number of benzene rings is 2. The molecule has 0 amide bonds. The van der Waals surface area contributed by atoms with Gasteiger partial charge in [0.1, 0.15) is 23.4 Å². The normalized spacial score (nSPS) is 17.1. The van der Waals surface area contributed by atoms with Crippen molar-refractivity contribution < 1.29 is 37.0 Å². The van der Waals surface area contributed by atoms with Crippen LogP contribution in [0.1, 0.15) is 42.5 Å². The van der Waals surface area contributed by atoms with Crippen LogP contribution in [0.15, 0.2) is 42.5 Å². The van der Waals surface area contributed by atoms with Gasteiger partial charge in [-0.15, -0.1) is 0 Å². The molecule has 0 radical (unpaired) electrons. The Morgan fingerprint density at radius 1 is 1.22 bits per heavy atom. The first-order valence-corrected chi connectivity index (χ1v) is 11.7. The maximum atomic E-state index is 13.0. The fourth-order valence-corrected chi connectivity index (χ4v) is 4.50. The van der Waals surface area contributed by atoms with E-state index >= 15 is 0 Å². The van der Waals surface area contributed by atoms with E-state index < -0.39 is 29.8 Å². The van der Waals surface area contributed by atoms with Gasteiger partial charge in [0.15, 0.2) is 0 Å². The van der Waals surface area contributed by atoms with Crippen molar-refractivity contribution in [1.29, 1.82) is 0 Å². The van der Waals surface area contributed by atoms with Crippen LogP contribution in [0.4, 0.5) is 13.2 Å². The highest BCUT2D eigenvalue weighted by Crippen LogP contribution is 2.45. The molecule has 1 saturated heterocycles. The Hall–Kier alpha value is -2.95. The molecule has 1 aliphatic heterocycles. The number of hydrogen-bond donors (Lipinski definition) is 1. The van der Waals surface area contributed by atoms with Crippen LogP contribution in [-0.4, -0.2) is 56.2 Å². The number of carbonyl (C=O) groups is 2. The summed E-state index contributed by atoms with van der Waals surface area (Å²) in [6, 6.07) is 9.99. The van der Waals surface area contributed by atoms with Crippen molar-refractivity contribution in [2.45, 2.75) is 50.6 Å². The molecular formula is C26H31F3N2O5. The zero-order valence-electron chi connectivity index (χ0n) is 20.5. The van der Waals surface area contributed by atoms with Crippen molar-refractivity contribution in [1.82, 2.24) is 4.90 Å². The number of carbonyl (C=O) groups excluding carboxylic acids is 2. The number of rotatable bonds is 11. The summed E-state index contributed by atoms with van der Waals surface area (Å²) in [4.78, 5) is 25.3. The van der Waals surface area contributed by atoms with E-state index in [2.05, 4.69) is 6.92 Å². The topological polar surface area (TPSA) is 91.1 Å². The molecule has 0 spiro atoms. The maximum absolute atomic E-state index is 13.0. The van der Waals surface area contributed by atoms with Gasteiger partial charge in [-0.1, -0.05) is 37.6 Å². The largest absolute Gasteiger partial charge is 0.497 e. The summed E-state index contributed by atoms with van der Waals surface area (Å²) >= 11 is 0. The predicted octanol–water partition coefficient (Wildman–Crippen LogP) is 4.07. The minimum atomic E-state index is -5.20. The molecule has 2 unspecified atom stereocenters. The predicted molar refractivity (Wildman–Crippen MR) is 127 cm³/mol. The van der Waals surface area contributed by atoms with E-state index in [0.29, 0.717) is 26.0 Å². The molecule has 0 aliphatic carbocycles. The lowest BCUT2D eigenvalue weighted by atomic mass is 9.80. The Balaban J connectivity index is 1.99. The highest BCUT2D eigenvalue weighted by Gasteiger charge is 2.50. The lowest BCUT2D eigenvalue weighted by molar-refractivity contribution is -0.190. The molecule has 2 aromatic rings. The maximum Gasteiger partial charge on any atom is 0.491 e. The van der Waals surface area contributed by atoms with E-state index in [1.54, 1.807) is 0 Å². The molecule has 3 rings (SSSR count). The smallest absolute Gasteiger partial charge is 0.491 e. The van der Waals surface area contributed by atoms with Gasteiger partial charge in [-0.05, 0) is 36.6 Å². The standard InChI is InChI=1S/C26H31F3N2O5/c1-4-5-12-35-25(20-9-7-6-8-17(20)2)15-31(16-25)23(21(30)14-32)19-11-10-18(34-3)13-22(19)36-24(33)26(27,28)29/h6-11,13-14,21,23H,4-5,12,15-16,30H2,1-3H3. The van der Waals surface area contributed by atoms with Crippen molar-refractivity contribution >= 4 is 12.3 Å². The number of aryl methyl sites for hydroxylation is 1. The van der Waals surface area contributed by atoms with Gasteiger partial charge in [-0.2, -0.15) is 13.2 Å². The molecule has 0 saturated carbocycles. The number of unbranched alkanes of at least 4 members (excludes halogenated alkanes) is 1. The van der Waals surface area contributed by atoms with Crippen LogP contribution in [0.2, 0.25) is 0 Å². The number of nitrogens with zero attached hydrogens (tertiary/aromatic N) is 1. The Bertz CT molecular complexity index is 1070. The average Bonchev–Trinajstić information content (AvgIpc) is 2.82. The number of esters is 1. The molecule has 7 nitrogen and oxygen atoms in total. The van der Waals surface area contributed by atoms with Crippen molar-refractivity contribution in [3.05, 3.63) is 59.2 Å². The van der Waals surface area contributed by atoms with Crippen LogP contribution in [0.3, 0.4) is 0 Å². The van der Waals surface area contributed by atoms with Gasteiger partial charge in [0.2, 0.25) is 0 Å². The highest BCUT2D eigenvalue weighted by molar-refractivity contribution is 5.78. The first-order chi connectivity index (χ1) is 17.1. The number of methoxy groups -OCH3 is 1. The van der Waals surface area contributed by atoms with E-state index in [-0.39, 0.29) is 17.1 Å². The second-order valence-corrected chi connectivity index (χ2v) is 8.87. The molecule has 0 bridgehead atoms. The van der Waals surface area contributed by atoms with Gasteiger partial charge >= 0.3 is 12.1 Å². The van der Waals surface area contributed by atoms with Crippen LogP contribution in [0, 0.1) is 6.92 Å². The quantitative estimate of drug-likeness (QED) is 0.212. The third-order valence-electron chi connectivity index (χ3n) is 6.32.